The minimum Gasteiger partial charge on any atom is -0.456 e. The van der Waals surface area contributed by atoms with Gasteiger partial charge in [-0.05, 0) is 45.3 Å². The Bertz CT molecular complexity index is 812. The second-order valence-corrected chi connectivity index (χ2v) is 6.66. The lowest BCUT2D eigenvalue weighted by Crippen LogP contribution is -2.49. The van der Waals surface area contributed by atoms with Gasteiger partial charge in [0.25, 0.3) is 0 Å². The van der Waals surface area contributed by atoms with E-state index in [1.54, 1.807) is 21.3 Å². The highest BCUT2D eigenvalue weighted by Gasteiger charge is 2.35. The molecular formula is C18H20BO3. The summed E-state index contributed by atoms with van der Waals surface area (Å²) in [6.07, 6.45) is 0. The van der Waals surface area contributed by atoms with Crippen molar-refractivity contribution < 1.29 is 14.2 Å². The first-order valence-corrected chi connectivity index (χ1v) is 7.43. The standard InChI is InChI=1S/C18H20BO3/c1-17(2,20)18(3,4)22-19-12-9-10-14-13-7-5-6-8-15(13)21-16(14)11-12/h5-11,20H,1-4H3. The second kappa shape index (κ2) is 5.15. The molecule has 0 atom stereocenters. The number of benzene rings is 2. The molecule has 0 aliphatic rings. The number of aliphatic hydroxyl groups is 1. The third kappa shape index (κ3) is 2.64. The molecule has 3 aromatic rings. The van der Waals surface area contributed by atoms with E-state index in [4.69, 9.17) is 9.07 Å². The average molecular weight is 295 g/mol. The Morgan fingerprint density at radius 2 is 1.64 bits per heavy atom. The Labute approximate surface area is 131 Å². The predicted molar refractivity (Wildman–Crippen MR) is 90.6 cm³/mol. The third-order valence-corrected chi connectivity index (χ3v) is 4.37. The highest BCUT2D eigenvalue weighted by atomic mass is 16.5. The van der Waals surface area contributed by atoms with Gasteiger partial charge in [-0.1, -0.05) is 30.3 Å². The van der Waals surface area contributed by atoms with Crippen LogP contribution < -0.4 is 5.46 Å². The van der Waals surface area contributed by atoms with Gasteiger partial charge in [0.2, 0.25) is 0 Å². The topological polar surface area (TPSA) is 42.6 Å². The molecule has 0 fully saturated rings. The van der Waals surface area contributed by atoms with Gasteiger partial charge in [-0.2, -0.15) is 0 Å². The molecule has 1 aromatic heterocycles. The maximum Gasteiger partial charge on any atom is 0.331 e. The van der Waals surface area contributed by atoms with E-state index in [0.29, 0.717) is 0 Å². The Morgan fingerprint density at radius 3 is 2.36 bits per heavy atom. The molecule has 0 aliphatic carbocycles. The summed E-state index contributed by atoms with van der Waals surface area (Å²) in [6.45, 7) is 7.21. The number of furan rings is 1. The molecule has 0 aliphatic heterocycles. The summed E-state index contributed by atoms with van der Waals surface area (Å²) in [5.74, 6) is 0. The van der Waals surface area contributed by atoms with Crippen molar-refractivity contribution in [3.05, 3.63) is 42.5 Å². The Balaban J connectivity index is 1.88. The van der Waals surface area contributed by atoms with Crippen LogP contribution in [-0.4, -0.2) is 23.8 Å². The maximum atomic E-state index is 10.1. The van der Waals surface area contributed by atoms with Gasteiger partial charge in [-0.25, -0.2) is 0 Å². The minimum atomic E-state index is -0.938. The molecule has 0 spiro atoms. The van der Waals surface area contributed by atoms with Gasteiger partial charge in [0.05, 0.1) is 11.2 Å². The smallest absolute Gasteiger partial charge is 0.331 e. The van der Waals surface area contributed by atoms with Crippen LogP contribution in [0, 0.1) is 0 Å². The Morgan fingerprint density at radius 1 is 0.955 bits per heavy atom. The number of rotatable bonds is 4. The molecule has 1 N–H and O–H groups in total. The fourth-order valence-corrected chi connectivity index (χ4v) is 2.18. The highest BCUT2D eigenvalue weighted by Crippen LogP contribution is 2.28. The molecule has 0 saturated heterocycles. The number of hydrogen-bond donors (Lipinski definition) is 1. The molecule has 4 heteroatoms. The van der Waals surface area contributed by atoms with Crippen molar-refractivity contribution >= 4 is 34.9 Å². The normalized spacial score (nSPS) is 13.0. The van der Waals surface area contributed by atoms with Gasteiger partial charge in [-0.15, -0.1) is 0 Å². The van der Waals surface area contributed by atoms with E-state index in [1.165, 1.54) is 0 Å². The van der Waals surface area contributed by atoms with Crippen LogP contribution in [0.5, 0.6) is 0 Å². The molecule has 3 nitrogen and oxygen atoms in total. The molecule has 0 unspecified atom stereocenters. The Hall–Kier alpha value is -1.78. The van der Waals surface area contributed by atoms with E-state index in [-0.39, 0.29) is 0 Å². The van der Waals surface area contributed by atoms with Gasteiger partial charge in [0.1, 0.15) is 11.2 Å². The van der Waals surface area contributed by atoms with Crippen LogP contribution in [0.1, 0.15) is 27.7 Å². The largest absolute Gasteiger partial charge is 0.456 e. The van der Waals surface area contributed by atoms with Crippen LogP contribution in [-0.2, 0) is 4.65 Å². The average Bonchev–Trinajstić information content (AvgIpc) is 2.81. The molecule has 0 amide bonds. The zero-order chi connectivity index (χ0) is 16.0. The maximum absolute atomic E-state index is 10.1. The van der Waals surface area contributed by atoms with E-state index in [9.17, 15) is 5.11 Å². The van der Waals surface area contributed by atoms with Crippen LogP contribution in [0.25, 0.3) is 21.9 Å². The quantitative estimate of drug-likeness (QED) is 0.750. The summed E-state index contributed by atoms with van der Waals surface area (Å²) in [5.41, 5.74) is 0.999. The molecule has 1 heterocycles. The number of para-hydroxylation sites is 1. The van der Waals surface area contributed by atoms with Crippen LogP contribution in [0.2, 0.25) is 0 Å². The van der Waals surface area contributed by atoms with Crippen molar-refractivity contribution in [2.75, 3.05) is 0 Å². The highest BCUT2D eigenvalue weighted by molar-refractivity contribution is 6.47. The van der Waals surface area contributed by atoms with E-state index in [1.807, 2.05) is 50.2 Å². The molecule has 2 aromatic carbocycles. The minimum absolute atomic E-state index is 0.685. The summed E-state index contributed by atoms with van der Waals surface area (Å²) in [7, 11) is 1.67. The van der Waals surface area contributed by atoms with Gasteiger partial charge in [-0.3, -0.25) is 0 Å². The van der Waals surface area contributed by atoms with E-state index < -0.39 is 11.2 Å². The second-order valence-electron chi connectivity index (χ2n) is 6.66. The van der Waals surface area contributed by atoms with Crippen LogP contribution in [0.3, 0.4) is 0 Å². The van der Waals surface area contributed by atoms with Gasteiger partial charge >= 0.3 is 7.48 Å². The lowest BCUT2D eigenvalue weighted by molar-refractivity contribution is -0.0893. The van der Waals surface area contributed by atoms with Crippen molar-refractivity contribution in [3.63, 3.8) is 0 Å². The van der Waals surface area contributed by atoms with Crippen molar-refractivity contribution in [2.45, 2.75) is 38.9 Å². The summed E-state index contributed by atoms with van der Waals surface area (Å²) in [5, 5.41) is 12.3. The first-order chi connectivity index (χ1) is 10.3. The van der Waals surface area contributed by atoms with Crippen molar-refractivity contribution in [3.8, 4) is 0 Å². The molecule has 0 bridgehead atoms. The third-order valence-electron chi connectivity index (χ3n) is 4.37. The van der Waals surface area contributed by atoms with Gasteiger partial charge < -0.3 is 14.2 Å². The monoisotopic (exact) mass is 295 g/mol. The summed E-state index contributed by atoms with van der Waals surface area (Å²) < 4.78 is 11.7. The number of fused-ring (bicyclic) bond motifs is 3. The van der Waals surface area contributed by atoms with Gasteiger partial charge in [0, 0.05) is 10.8 Å². The molecular weight excluding hydrogens is 275 g/mol. The lowest BCUT2D eigenvalue weighted by atomic mass is 9.82. The SMILES string of the molecule is CC(C)(O)C(C)(C)O[B]c1ccc2c(c1)oc1ccccc12. The first-order valence-electron chi connectivity index (χ1n) is 7.43. The molecule has 22 heavy (non-hydrogen) atoms. The summed E-state index contributed by atoms with van der Waals surface area (Å²) in [4.78, 5) is 0. The lowest BCUT2D eigenvalue weighted by Gasteiger charge is -2.37. The van der Waals surface area contributed by atoms with E-state index in [0.717, 1.165) is 27.4 Å². The zero-order valence-electron chi connectivity index (χ0n) is 13.4. The summed E-state index contributed by atoms with van der Waals surface area (Å²) >= 11 is 0. The van der Waals surface area contributed by atoms with E-state index in [2.05, 4.69) is 6.07 Å². The van der Waals surface area contributed by atoms with Crippen LogP contribution in [0.15, 0.2) is 46.9 Å². The number of hydrogen-bond acceptors (Lipinski definition) is 3. The fourth-order valence-electron chi connectivity index (χ4n) is 2.18. The van der Waals surface area contributed by atoms with E-state index >= 15 is 0 Å². The molecule has 3 rings (SSSR count). The zero-order valence-corrected chi connectivity index (χ0v) is 13.4. The molecule has 1 radical (unpaired) electrons. The van der Waals surface area contributed by atoms with Crippen LogP contribution in [0.4, 0.5) is 0 Å². The fraction of sp³-hybridized carbons (Fsp3) is 0.333. The first kappa shape index (κ1) is 15.1. The van der Waals surface area contributed by atoms with Crippen molar-refractivity contribution in [1.29, 1.82) is 0 Å². The molecule has 0 saturated carbocycles. The van der Waals surface area contributed by atoms with Crippen molar-refractivity contribution in [1.82, 2.24) is 0 Å². The summed E-state index contributed by atoms with van der Waals surface area (Å²) in [6, 6.07) is 14.0. The van der Waals surface area contributed by atoms with Crippen LogP contribution >= 0.6 is 0 Å². The Kier molecular flexibility index (Phi) is 3.54. The van der Waals surface area contributed by atoms with Gasteiger partial charge in [0.15, 0.2) is 0 Å². The predicted octanol–water partition coefficient (Wildman–Crippen LogP) is 3.40. The van der Waals surface area contributed by atoms with Crippen molar-refractivity contribution in [2.24, 2.45) is 0 Å². The molecule has 113 valence electrons.